The molecule has 3 heterocycles. The first-order valence-corrected chi connectivity index (χ1v) is 11.8. The molecule has 0 radical (unpaired) electrons. The summed E-state index contributed by atoms with van der Waals surface area (Å²) < 4.78 is 9.98. The first-order chi connectivity index (χ1) is 15.5. The summed E-state index contributed by atoms with van der Waals surface area (Å²) >= 11 is 0. The Morgan fingerprint density at radius 3 is 2.88 bits per heavy atom. The van der Waals surface area contributed by atoms with E-state index in [1.165, 1.54) is 55.4 Å². The lowest BCUT2D eigenvalue weighted by Gasteiger charge is -2.41. The molecule has 2 N–H and O–H groups in total. The molecule has 2 atom stereocenters. The molecular formula is C24H39N3O5. The van der Waals surface area contributed by atoms with Gasteiger partial charge in [-0.2, -0.15) is 0 Å². The molecule has 2 unspecified atom stereocenters. The number of likely N-dealkylation sites (tertiary alicyclic amines) is 1. The predicted molar refractivity (Wildman–Crippen MR) is 124 cm³/mol. The molecule has 8 nitrogen and oxygen atoms in total. The highest BCUT2D eigenvalue weighted by Crippen LogP contribution is 2.28. The van der Waals surface area contributed by atoms with Crippen molar-refractivity contribution in [3.05, 3.63) is 23.4 Å². The number of nitrogens with zero attached hydrogens (tertiary/aromatic N) is 2. The third kappa shape index (κ3) is 7.74. The van der Waals surface area contributed by atoms with Gasteiger partial charge in [0.1, 0.15) is 17.5 Å². The molecule has 3 rings (SSSR count). The summed E-state index contributed by atoms with van der Waals surface area (Å²) in [7, 11) is 1.45. The molecule has 2 aliphatic heterocycles. The van der Waals surface area contributed by atoms with Crippen LogP contribution in [0.2, 0.25) is 0 Å². The Morgan fingerprint density at radius 1 is 1.38 bits per heavy atom. The number of piperidine rings is 1. The number of hydrogen-bond donors (Lipinski definition) is 2. The van der Waals surface area contributed by atoms with Gasteiger partial charge in [0.25, 0.3) is 0 Å². The summed E-state index contributed by atoms with van der Waals surface area (Å²) in [5.74, 6) is 0.687. The molecule has 180 valence electrons. The number of unbranched alkanes of at least 4 members (excludes halogenated alkanes) is 2. The standard InChI is InChI=1S/C13H20N2.C11H19NO5/c1-2-3-4-7-12-9-8-11-6-5-10-14-13(11)15-12;1-3-17-10(14)6-11(15)4-5-12(8-13)7-9(11)16-2/h8-9H,2-7,10H2,1H3,(H,14,15);8-9,15H,3-7H2,1-2H3. The van der Waals surface area contributed by atoms with Gasteiger partial charge in [0.2, 0.25) is 6.41 Å². The summed E-state index contributed by atoms with van der Waals surface area (Å²) in [6.45, 7) is 6.02. The second-order valence-corrected chi connectivity index (χ2v) is 8.46. The lowest BCUT2D eigenvalue weighted by Crippen LogP contribution is -2.56. The number of aryl methyl sites for hydroxylation is 2. The minimum Gasteiger partial charge on any atom is -0.466 e. The van der Waals surface area contributed by atoms with Gasteiger partial charge in [-0.3, -0.25) is 9.59 Å². The van der Waals surface area contributed by atoms with Crippen LogP contribution in [0.5, 0.6) is 0 Å². The quantitative estimate of drug-likeness (QED) is 0.340. The molecule has 0 bridgehead atoms. The van der Waals surface area contributed by atoms with Crippen LogP contribution < -0.4 is 5.32 Å². The number of esters is 1. The monoisotopic (exact) mass is 449 g/mol. The van der Waals surface area contributed by atoms with Crippen molar-refractivity contribution < 1.29 is 24.2 Å². The largest absolute Gasteiger partial charge is 0.466 e. The molecule has 1 aromatic heterocycles. The highest BCUT2D eigenvalue weighted by Gasteiger charge is 2.43. The van der Waals surface area contributed by atoms with Crippen LogP contribution in [0.25, 0.3) is 0 Å². The maximum atomic E-state index is 11.4. The number of anilines is 1. The number of rotatable bonds is 9. The number of amides is 1. The Hall–Kier alpha value is -2.19. The van der Waals surface area contributed by atoms with E-state index < -0.39 is 17.7 Å². The van der Waals surface area contributed by atoms with E-state index in [1.54, 1.807) is 6.92 Å². The molecule has 0 aromatic carbocycles. The number of fused-ring (bicyclic) bond motifs is 1. The lowest BCUT2D eigenvalue weighted by atomic mass is 9.85. The van der Waals surface area contributed by atoms with Gasteiger partial charge < -0.3 is 24.8 Å². The first kappa shape index (κ1) is 26.1. The SMILES string of the molecule is CCCCCc1ccc2c(n1)NCCC2.CCOC(=O)CC1(O)CCN(C=O)CC1OC. The minimum atomic E-state index is -1.25. The zero-order valence-corrected chi connectivity index (χ0v) is 19.8. The van der Waals surface area contributed by atoms with Crippen LogP contribution in [0, 0.1) is 0 Å². The van der Waals surface area contributed by atoms with Crippen molar-refractivity contribution in [1.29, 1.82) is 0 Å². The van der Waals surface area contributed by atoms with Crippen molar-refractivity contribution in [2.75, 3.05) is 38.7 Å². The Balaban J connectivity index is 0.000000228. The van der Waals surface area contributed by atoms with Gasteiger partial charge in [-0.1, -0.05) is 25.8 Å². The van der Waals surface area contributed by atoms with E-state index >= 15 is 0 Å². The minimum absolute atomic E-state index is 0.105. The number of hydrogen-bond acceptors (Lipinski definition) is 7. The fourth-order valence-electron chi connectivity index (χ4n) is 4.09. The van der Waals surface area contributed by atoms with E-state index in [4.69, 9.17) is 9.47 Å². The second kappa shape index (κ2) is 13.4. The van der Waals surface area contributed by atoms with E-state index in [2.05, 4.69) is 29.4 Å². The van der Waals surface area contributed by atoms with Gasteiger partial charge in [0.05, 0.1) is 13.0 Å². The number of carbonyl (C=O) groups is 2. The van der Waals surface area contributed by atoms with Crippen molar-refractivity contribution in [1.82, 2.24) is 9.88 Å². The summed E-state index contributed by atoms with van der Waals surface area (Å²) in [5, 5.41) is 13.8. The zero-order valence-electron chi connectivity index (χ0n) is 19.8. The summed E-state index contributed by atoms with van der Waals surface area (Å²) in [6, 6.07) is 4.44. The van der Waals surface area contributed by atoms with Crippen LogP contribution in [0.4, 0.5) is 5.82 Å². The molecule has 0 spiro atoms. The average molecular weight is 450 g/mol. The fraction of sp³-hybridized carbons (Fsp3) is 0.708. The van der Waals surface area contributed by atoms with Crippen molar-refractivity contribution in [2.45, 2.75) is 76.9 Å². The zero-order chi connectivity index (χ0) is 23.4. The predicted octanol–water partition coefficient (Wildman–Crippen LogP) is 2.72. The van der Waals surface area contributed by atoms with Crippen molar-refractivity contribution in [3.8, 4) is 0 Å². The van der Waals surface area contributed by atoms with E-state index in [9.17, 15) is 14.7 Å². The smallest absolute Gasteiger partial charge is 0.308 e. The molecule has 8 heteroatoms. The molecule has 2 aliphatic rings. The molecule has 1 aromatic rings. The average Bonchev–Trinajstić information content (AvgIpc) is 2.80. The van der Waals surface area contributed by atoms with E-state index in [1.807, 2.05) is 0 Å². The van der Waals surface area contributed by atoms with Gasteiger partial charge in [-0.05, 0) is 50.7 Å². The number of aromatic nitrogens is 1. The lowest BCUT2D eigenvalue weighted by molar-refractivity contribution is -0.167. The Labute approximate surface area is 191 Å². The van der Waals surface area contributed by atoms with Gasteiger partial charge in [-0.15, -0.1) is 0 Å². The highest BCUT2D eigenvalue weighted by atomic mass is 16.5. The Kier molecular flexibility index (Phi) is 10.9. The van der Waals surface area contributed by atoms with E-state index in [-0.39, 0.29) is 19.6 Å². The maximum absolute atomic E-state index is 11.4. The fourth-order valence-corrected chi connectivity index (χ4v) is 4.09. The molecule has 0 aliphatic carbocycles. The van der Waals surface area contributed by atoms with Gasteiger partial charge >= 0.3 is 5.97 Å². The second-order valence-electron chi connectivity index (χ2n) is 8.46. The van der Waals surface area contributed by atoms with Crippen LogP contribution in [-0.2, 0) is 31.9 Å². The summed E-state index contributed by atoms with van der Waals surface area (Å²) in [4.78, 5) is 28.3. The van der Waals surface area contributed by atoms with Gasteiger partial charge in [0, 0.05) is 32.4 Å². The van der Waals surface area contributed by atoms with Crippen LogP contribution in [0.3, 0.4) is 0 Å². The summed E-state index contributed by atoms with van der Waals surface area (Å²) in [6.07, 6.45) is 7.77. The van der Waals surface area contributed by atoms with Crippen LogP contribution in [0.1, 0.15) is 63.6 Å². The van der Waals surface area contributed by atoms with Crippen molar-refractivity contribution in [3.63, 3.8) is 0 Å². The number of nitrogens with one attached hydrogen (secondary N) is 1. The number of ether oxygens (including phenoxy) is 2. The highest BCUT2D eigenvalue weighted by molar-refractivity contribution is 5.71. The van der Waals surface area contributed by atoms with E-state index in [0.29, 0.717) is 13.0 Å². The summed E-state index contributed by atoms with van der Waals surface area (Å²) in [5.41, 5.74) is 1.39. The Bertz CT molecular complexity index is 730. The van der Waals surface area contributed by atoms with Gasteiger partial charge in [0.15, 0.2) is 0 Å². The normalized spacial score (nSPS) is 22.1. The van der Waals surface area contributed by atoms with Crippen LogP contribution >= 0.6 is 0 Å². The number of aliphatic hydroxyl groups is 1. The van der Waals surface area contributed by atoms with E-state index in [0.717, 1.165) is 25.2 Å². The van der Waals surface area contributed by atoms with Crippen LogP contribution in [-0.4, -0.2) is 72.4 Å². The third-order valence-corrected chi connectivity index (χ3v) is 6.01. The van der Waals surface area contributed by atoms with Crippen LogP contribution in [0.15, 0.2) is 12.1 Å². The third-order valence-electron chi connectivity index (χ3n) is 6.01. The topological polar surface area (TPSA) is 101 Å². The molecule has 1 saturated heterocycles. The Morgan fingerprint density at radius 2 is 2.19 bits per heavy atom. The maximum Gasteiger partial charge on any atom is 0.308 e. The molecule has 32 heavy (non-hydrogen) atoms. The first-order valence-electron chi connectivity index (χ1n) is 11.8. The molecule has 0 saturated carbocycles. The molecule has 1 amide bonds. The van der Waals surface area contributed by atoms with Gasteiger partial charge in [-0.25, -0.2) is 4.98 Å². The van der Waals surface area contributed by atoms with Crippen molar-refractivity contribution >= 4 is 18.2 Å². The number of pyridine rings is 1. The van der Waals surface area contributed by atoms with Crippen molar-refractivity contribution in [2.24, 2.45) is 0 Å². The number of carbonyl (C=O) groups excluding carboxylic acids is 2. The molecular weight excluding hydrogens is 410 g/mol. The number of methoxy groups -OCH3 is 1. The molecule has 1 fully saturated rings.